The normalized spacial score (nSPS) is 22.6. The first-order chi connectivity index (χ1) is 9.63. The fourth-order valence-corrected chi connectivity index (χ4v) is 3.75. The van der Waals surface area contributed by atoms with Crippen molar-refractivity contribution in [2.45, 2.75) is 32.6 Å². The van der Waals surface area contributed by atoms with Gasteiger partial charge in [0.25, 0.3) is 5.91 Å². The van der Waals surface area contributed by atoms with Crippen molar-refractivity contribution in [3.63, 3.8) is 0 Å². The zero-order valence-electron chi connectivity index (χ0n) is 11.8. The summed E-state index contributed by atoms with van der Waals surface area (Å²) in [6.07, 6.45) is 4.89. The summed E-state index contributed by atoms with van der Waals surface area (Å²) in [7, 11) is 0. The number of carbonyl (C=O) groups is 1. The van der Waals surface area contributed by atoms with Crippen LogP contribution in [0.5, 0.6) is 0 Å². The highest BCUT2D eigenvalue weighted by atomic mass is 79.9. The molecule has 0 spiro atoms. The molecule has 0 aliphatic heterocycles. The Morgan fingerprint density at radius 1 is 1.35 bits per heavy atom. The van der Waals surface area contributed by atoms with E-state index < -0.39 is 0 Å². The number of hydrogen-bond acceptors (Lipinski definition) is 1. The van der Waals surface area contributed by atoms with Gasteiger partial charge in [-0.2, -0.15) is 0 Å². The standard InChI is InChI=1S/C16H21BrClNO/c1-11-5-4-8-14(15(11)17)16(20)19-10-13-7-3-2-6-12(13)9-18/h4-5,8,12-13H,2-3,6-7,9-10H2,1H3,(H,19,20). The van der Waals surface area contributed by atoms with Crippen molar-refractivity contribution in [3.05, 3.63) is 33.8 Å². The summed E-state index contributed by atoms with van der Waals surface area (Å²) in [6, 6.07) is 5.76. The van der Waals surface area contributed by atoms with Crippen LogP contribution >= 0.6 is 27.5 Å². The number of carbonyl (C=O) groups excluding carboxylic acids is 1. The minimum Gasteiger partial charge on any atom is -0.352 e. The molecule has 20 heavy (non-hydrogen) atoms. The Morgan fingerprint density at radius 3 is 2.75 bits per heavy atom. The monoisotopic (exact) mass is 357 g/mol. The van der Waals surface area contributed by atoms with Crippen LogP contribution in [0.15, 0.2) is 22.7 Å². The van der Waals surface area contributed by atoms with Crippen LogP contribution in [0.3, 0.4) is 0 Å². The molecular formula is C16H21BrClNO. The Bertz CT molecular complexity index is 478. The lowest BCUT2D eigenvalue weighted by Gasteiger charge is -2.30. The van der Waals surface area contributed by atoms with Gasteiger partial charge in [-0.15, -0.1) is 11.6 Å². The van der Waals surface area contributed by atoms with Crippen molar-refractivity contribution in [2.24, 2.45) is 11.8 Å². The van der Waals surface area contributed by atoms with Crippen molar-refractivity contribution in [1.82, 2.24) is 5.32 Å². The van der Waals surface area contributed by atoms with E-state index in [1.807, 2.05) is 25.1 Å². The van der Waals surface area contributed by atoms with Crippen LogP contribution in [0.2, 0.25) is 0 Å². The van der Waals surface area contributed by atoms with Crippen LogP contribution in [0.25, 0.3) is 0 Å². The number of halogens is 2. The molecule has 0 heterocycles. The highest BCUT2D eigenvalue weighted by Crippen LogP contribution is 2.30. The Labute approximate surface area is 134 Å². The van der Waals surface area contributed by atoms with Gasteiger partial charge in [0.2, 0.25) is 0 Å². The summed E-state index contributed by atoms with van der Waals surface area (Å²) in [5, 5.41) is 3.07. The second kappa shape index (κ2) is 7.46. The van der Waals surface area contributed by atoms with Crippen molar-refractivity contribution in [1.29, 1.82) is 0 Å². The first kappa shape index (κ1) is 15.8. The molecule has 2 unspecified atom stereocenters. The summed E-state index contributed by atoms with van der Waals surface area (Å²) >= 11 is 9.52. The largest absolute Gasteiger partial charge is 0.352 e. The van der Waals surface area contributed by atoms with E-state index in [2.05, 4.69) is 21.2 Å². The molecule has 1 N–H and O–H groups in total. The highest BCUT2D eigenvalue weighted by Gasteiger charge is 2.25. The van der Waals surface area contributed by atoms with Crippen LogP contribution < -0.4 is 5.32 Å². The average molecular weight is 359 g/mol. The summed E-state index contributed by atoms with van der Waals surface area (Å²) in [6.45, 7) is 2.72. The second-order valence-electron chi connectivity index (χ2n) is 5.61. The van der Waals surface area contributed by atoms with E-state index in [1.54, 1.807) is 0 Å². The molecule has 0 saturated heterocycles. The number of amides is 1. The van der Waals surface area contributed by atoms with Crippen LogP contribution in [-0.4, -0.2) is 18.3 Å². The van der Waals surface area contributed by atoms with E-state index >= 15 is 0 Å². The quantitative estimate of drug-likeness (QED) is 0.787. The van der Waals surface area contributed by atoms with Gasteiger partial charge in [0, 0.05) is 16.9 Å². The van der Waals surface area contributed by atoms with Gasteiger partial charge in [0.05, 0.1) is 5.56 Å². The second-order valence-corrected chi connectivity index (χ2v) is 6.71. The molecule has 0 radical (unpaired) electrons. The maximum Gasteiger partial charge on any atom is 0.252 e. The van der Waals surface area contributed by atoms with Gasteiger partial charge in [-0.1, -0.05) is 25.0 Å². The fraction of sp³-hybridized carbons (Fsp3) is 0.562. The number of nitrogens with one attached hydrogen (secondary N) is 1. The molecule has 2 nitrogen and oxygen atoms in total. The lowest BCUT2D eigenvalue weighted by Crippen LogP contribution is -2.35. The Hall–Kier alpha value is -0.540. The molecule has 0 bridgehead atoms. The van der Waals surface area contributed by atoms with Gasteiger partial charge in [-0.05, 0) is 59.2 Å². The smallest absolute Gasteiger partial charge is 0.252 e. The molecule has 1 amide bonds. The number of benzene rings is 1. The molecule has 1 aliphatic rings. The third-order valence-corrected chi connectivity index (χ3v) is 5.67. The maximum atomic E-state index is 12.3. The fourth-order valence-electron chi connectivity index (χ4n) is 2.90. The first-order valence-corrected chi connectivity index (χ1v) is 8.55. The number of alkyl halides is 1. The van der Waals surface area contributed by atoms with Crippen molar-refractivity contribution < 1.29 is 4.79 Å². The first-order valence-electron chi connectivity index (χ1n) is 7.22. The number of aryl methyl sites for hydroxylation is 1. The molecule has 4 heteroatoms. The molecule has 1 aliphatic carbocycles. The lowest BCUT2D eigenvalue weighted by atomic mass is 9.80. The van der Waals surface area contributed by atoms with Crippen molar-refractivity contribution in [2.75, 3.05) is 12.4 Å². The van der Waals surface area contributed by atoms with Crippen LogP contribution in [0.1, 0.15) is 41.6 Å². The number of hydrogen-bond donors (Lipinski definition) is 1. The summed E-state index contributed by atoms with van der Waals surface area (Å²) in [4.78, 5) is 12.3. The van der Waals surface area contributed by atoms with Gasteiger partial charge in [-0.3, -0.25) is 4.79 Å². The molecule has 1 saturated carbocycles. The zero-order chi connectivity index (χ0) is 14.5. The van der Waals surface area contributed by atoms with E-state index in [0.29, 0.717) is 23.3 Å². The molecule has 1 aromatic carbocycles. The molecule has 0 aromatic heterocycles. The topological polar surface area (TPSA) is 29.1 Å². The Morgan fingerprint density at radius 2 is 2.05 bits per heavy atom. The third kappa shape index (κ3) is 3.76. The van der Waals surface area contributed by atoms with Crippen LogP contribution in [0.4, 0.5) is 0 Å². The van der Waals surface area contributed by atoms with Gasteiger partial charge in [-0.25, -0.2) is 0 Å². The van der Waals surface area contributed by atoms with E-state index in [1.165, 1.54) is 25.7 Å². The van der Waals surface area contributed by atoms with E-state index in [9.17, 15) is 4.79 Å². The van der Waals surface area contributed by atoms with Gasteiger partial charge < -0.3 is 5.32 Å². The summed E-state index contributed by atoms with van der Waals surface area (Å²) in [5.74, 6) is 1.77. The predicted octanol–water partition coefficient (Wildman–Crippen LogP) is 4.53. The lowest BCUT2D eigenvalue weighted by molar-refractivity contribution is 0.0936. The van der Waals surface area contributed by atoms with Crippen LogP contribution in [-0.2, 0) is 0 Å². The molecule has 2 atom stereocenters. The SMILES string of the molecule is Cc1cccc(C(=O)NCC2CCCCC2CCl)c1Br. The summed E-state index contributed by atoms with van der Waals surface area (Å²) < 4.78 is 0.884. The molecule has 2 rings (SSSR count). The molecule has 1 fully saturated rings. The van der Waals surface area contributed by atoms with E-state index in [4.69, 9.17) is 11.6 Å². The minimum absolute atomic E-state index is 0.000490. The van der Waals surface area contributed by atoms with Crippen LogP contribution in [0, 0.1) is 18.8 Å². The van der Waals surface area contributed by atoms with Gasteiger partial charge >= 0.3 is 0 Å². The van der Waals surface area contributed by atoms with E-state index in [-0.39, 0.29) is 5.91 Å². The van der Waals surface area contributed by atoms with Gasteiger partial charge in [0.1, 0.15) is 0 Å². The maximum absolute atomic E-state index is 12.3. The van der Waals surface area contributed by atoms with Crippen molar-refractivity contribution in [3.8, 4) is 0 Å². The number of rotatable bonds is 4. The molecule has 1 aromatic rings. The summed E-state index contributed by atoms with van der Waals surface area (Å²) in [5.41, 5.74) is 1.79. The van der Waals surface area contributed by atoms with E-state index in [0.717, 1.165) is 16.6 Å². The third-order valence-electron chi connectivity index (χ3n) is 4.23. The van der Waals surface area contributed by atoms with Crippen molar-refractivity contribution >= 4 is 33.4 Å². The predicted molar refractivity (Wildman–Crippen MR) is 87.4 cm³/mol. The Balaban J connectivity index is 1.96. The Kier molecular flexibility index (Phi) is 5.91. The molecule has 110 valence electrons. The molecular weight excluding hydrogens is 338 g/mol. The zero-order valence-corrected chi connectivity index (χ0v) is 14.1. The highest BCUT2D eigenvalue weighted by molar-refractivity contribution is 9.10. The minimum atomic E-state index is -0.000490. The average Bonchev–Trinajstić information content (AvgIpc) is 2.48. The van der Waals surface area contributed by atoms with Gasteiger partial charge in [0.15, 0.2) is 0 Å².